The molecule has 0 aliphatic carbocycles. The fraction of sp³-hybridized carbons (Fsp3) is 0.316. The van der Waals surface area contributed by atoms with Crippen LogP contribution in [-0.2, 0) is 22.5 Å². The molecular weight excluding hydrogens is 382 g/mol. The van der Waals surface area contributed by atoms with Gasteiger partial charge in [0.2, 0.25) is 5.91 Å². The van der Waals surface area contributed by atoms with Gasteiger partial charge in [0.1, 0.15) is 4.70 Å². The Morgan fingerprint density at radius 1 is 1.33 bits per heavy atom. The zero-order valence-corrected chi connectivity index (χ0v) is 16.5. The summed E-state index contributed by atoms with van der Waals surface area (Å²) in [6.07, 6.45) is 0.879. The highest BCUT2D eigenvalue weighted by Gasteiger charge is 2.24. The number of benzene rings is 1. The summed E-state index contributed by atoms with van der Waals surface area (Å²) in [4.78, 5) is 31.9. The van der Waals surface area contributed by atoms with Gasteiger partial charge in [0.05, 0.1) is 24.4 Å². The Morgan fingerprint density at radius 3 is 3.04 bits per heavy atom. The second-order valence-corrected chi connectivity index (χ2v) is 8.05. The number of carbonyl (C=O) groups excluding carboxylic acids is 1. The maximum Gasteiger partial charge on any atom is 0.272 e. The molecule has 0 saturated carbocycles. The van der Waals surface area contributed by atoms with Crippen LogP contribution in [0, 0.1) is 0 Å². The number of methoxy groups -OCH3 is 1. The fourth-order valence-electron chi connectivity index (χ4n) is 3.21. The lowest BCUT2D eigenvalue weighted by molar-refractivity contribution is -0.116. The van der Waals surface area contributed by atoms with Crippen molar-refractivity contribution < 1.29 is 9.53 Å². The topological polar surface area (TPSA) is 64.4 Å². The average Bonchev–Trinajstić information content (AvgIpc) is 3.32. The van der Waals surface area contributed by atoms with Gasteiger partial charge < -0.3 is 9.64 Å². The van der Waals surface area contributed by atoms with E-state index >= 15 is 0 Å². The lowest BCUT2D eigenvalue weighted by Gasteiger charge is -2.17. The molecule has 1 aliphatic rings. The summed E-state index contributed by atoms with van der Waals surface area (Å²) in [6, 6.07) is 9.83. The number of anilines is 1. The van der Waals surface area contributed by atoms with Gasteiger partial charge >= 0.3 is 0 Å². The Morgan fingerprint density at radius 2 is 2.19 bits per heavy atom. The van der Waals surface area contributed by atoms with Gasteiger partial charge in [-0.1, -0.05) is 30.0 Å². The molecule has 0 bridgehead atoms. The molecule has 1 amide bonds. The van der Waals surface area contributed by atoms with Crippen LogP contribution in [0.5, 0.6) is 0 Å². The zero-order valence-electron chi connectivity index (χ0n) is 14.9. The molecule has 0 saturated heterocycles. The highest BCUT2D eigenvalue weighted by molar-refractivity contribution is 7.99. The maximum atomic E-state index is 12.8. The standard InChI is InChI=1S/C19H19N3O3S2/c1-25-10-9-22-18(24)17-14(7-11-26-17)20-19(22)27-12-16(23)21-8-6-13-4-2-3-5-15(13)21/h2-5,7,11H,6,8-10,12H2,1H3. The van der Waals surface area contributed by atoms with Crippen LogP contribution < -0.4 is 10.5 Å². The fourth-order valence-corrected chi connectivity index (χ4v) is 4.89. The van der Waals surface area contributed by atoms with E-state index in [1.807, 2.05) is 34.5 Å². The van der Waals surface area contributed by atoms with E-state index < -0.39 is 0 Å². The molecule has 0 atom stereocenters. The van der Waals surface area contributed by atoms with Crippen LogP contribution in [0.2, 0.25) is 0 Å². The third-order valence-corrected chi connectivity index (χ3v) is 6.42. The summed E-state index contributed by atoms with van der Waals surface area (Å²) < 4.78 is 7.37. The first kappa shape index (κ1) is 18.2. The summed E-state index contributed by atoms with van der Waals surface area (Å²) in [5.41, 5.74) is 2.79. The smallest absolute Gasteiger partial charge is 0.272 e. The number of carbonyl (C=O) groups is 1. The number of hydrogen-bond donors (Lipinski definition) is 0. The molecule has 3 heterocycles. The molecular formula is C19H19N3O3S2. The molecule has 2 aromatic heterocycles. The van der Waals surface area contributed by atoms with Gasteiger partial charge in [-0.25, -0.2) is 4.98 Å². The second-order valence-electron chi connectivity index (χ2n) is 6.19. The van der Waals surface area contributed by atoms with E-state index in [-0.39, 0.29) is 17.2 Å². The van der Waals surface area contributed by atoms with Crippen LogP contribution in [-0.4, -0.2) is 41.5 Å². The number of amides is 1. The molecule has 0 unspecified atom stereocenters. The molecule has 3 aromatic rings. The molecule has 8 heteroatoms. The number of rotatable bonds is 6. The third kappa shape index (κ3) is 3.52. The van der Waals surface area contributed by atoms with Crippen molar-refractivity contribution in [1.82, 2.24) is 9.55 Å². The third-order valence-electron chi connectivity index (χ3n) is 4.56. The maximum absolute atomic E-state index is 12.8. The Balaban J connectivity index is 1.56. The quantitative estimate of drug-likeness (QED) is 0.469. The molecule has 1 aliphatic heterocycles. The van der Waals surface area contributed by atoms with Gasteiger partial charge in [0.25, 0.3) is 5.56 Å². The van der Waals surface area contributed by atoms with Gasteiger partial charge in [-0.2, -0.15) is 0 Å². The summed E-state index contributed by atoms with van der Waals surface area (Å²) >= 11 is 2.70. The normalized spacial score (nSPS) is 13.3. The molecule has 0 fully saturated rings. The van der Waals surface area contributed by atoms with Gasteiger partial charge in [-0.3, -0.25) is 14.2 Å². The molecule has 0 spiro atoms. The molecule has 1 aromatic carbocycles. The van der Waals surface area contributed by atoms with Gasteiger partial charge in [-0.15, -0.1) is 11.3 Å². The van der Waals surface area contributed by atoms with Gasteiger partial charge in [0, 0.05) is 19.3 Å². The Bertz CT molecular complexity index is 1040. The Hall–Kier alpha value is -2.16. The van der Waals surface area contributed by atoms with Crippen molar-refractivity contribution in [2.45, 2.75) is 18.1 Å². The average molecular weight is 402 g/mol. The van der Waals surface area contributed by atoms with Crippen molar-refractivity contribution in [1.29, 1.82) is 0 Å². The van der Waals surface area contributed by atoms with E-state index in [2.05, 4.69) is 11.1 Å². The summed E-state index contributed by atoms with van der Waals surface area (Å²) in [7, 11) is 1.60. The summed E-state index contributed by atoms with van der Waals surface area (Å²) in [6.45, 7) is 1.53. The first-order valence-corrected chi connectivity index (χ1v) is 10.5. The minimum absolute atomic E-state index is 0.0305. The predicted octanol–water partition coefficient (Wildman–Crippen LogP) is 2.79. The number of fused-ring (bicyclic) bond motifs is 2. The van der Waals surface area contributed by atoms with Crippen LogP contribution in [0.3, 0.4) is 0 Å². The van der Waals surface area contributed by atoms with Crippen LogP contribution in [0.25, 0.3) is 10.2 Å². The minimum atomic E-state index is -0.0754. The van der Waals surface area contributed by atoms with Crippen molar-refractivity contribution in [2.75, 3.05) is 30.9 Å². The number of thiophene rings is 1. The number of thioether (sulfide) groups is 1. The van der Waals surface area contributed by atoms with E-state index in [1.54, 1.807) is 11.7 Å². The first-order chi connectivity index (χ1) is 13.2. The van der Waals surface area contributed by atoms with Crippen molar-refractivity contribution in [2.24, 2.45) is 0 Å². The van der Waals surface area contributed by atoms with Gasteiger partial charge in [-0.05, 0) is 29.5 Å². The first-order valence-electron chi connectivity index (χ1n) is 8.67. The van der Waals surface area contributed by atoms with E-state index in [1.165, 1.54) is 28.7 Å². The molecule has 0 radical (unpaired) electrons. The van der Waals surface area contributed by atoms with Crippen molar-refractivity contribution in [3.05, 3.63) is 51.6 Å². The lowest BCUT2D eigenvalue weighted by Crippen LogP contribution is -2.31. The molecule has 6 nitrogen and oxygen atoms in total. The number of hydrogen-bond acceptors (Lipinski definition) is 6. The van der Waals surface area contributed by atoms with Crippen LogP contribution in [0.1, 0.15) is 5.56 Å². The highest BCUT2D eigenvalue weighted by Crippen LogP contribution is 2.29. The van der Waals surface area contributed by atoms with E-state index in [9.17, 15) is 9.59 Å². The zero-order chi connectivity index (χ0) is 18.8. The molecule has 0 N–H and O–H groups in total. The Labute approximate surface area is 164 Å². The lowest BCUT2D eigenvalue weighted by atomic mass is 10.2. The van der Waals surface area contributed by atoms with Crippen LogP contribution in [0.15, 0.2) is 45.7 Å². The number of para-hydroxylation sites is 1. The second kappa shape index (κ2) is 7.84. The highest BCUT2D eigenvalue weighted by atomic mass is 32.2. The molecule has 4 rings (SSSR count). The van der Waals surface area contributed by atoms with Crippen LogP contribution in [0.4, 0.5) is 5.69 Å². The van der Waals surface area contributed by atoms with Crippen molar-refractivity contribution >= 4 is 44.9 Å². The SMILES string of the molecule is COCCn1c(SCC(=O)N2CCc3ccccc32)nc2ccsc2c1=O. The minimum Gasteiger partial charge on any atom is -0.383 e. The summed E-state index contributed by atoms with van der Waals surface area (Å²) in [5, 5.41) is 2.42. The van der Waals surface area contributed by atoms with E-state index in [4.69, 9.17) is 4.74 Å². The summed E-state index contributed by atoms with van der Waals surface area (Å²) in [5.74, 6) is 0.270. The number of ether oxygens (including phenoxy) is 1. The van der Waals surface area contributed by atoms with Crippen LogP contribution >= 0.6 is 23.1 Å². The number of nitrogens with zero attached hydrogens (tertiary/aromatic N) is 3. The largest absolute Gasteiger partial charge is 0.383 e. The van der Waals surface area contributed by atoms with E-state index in [0.29, 0.717) is 35.1 Å². The Kier molecular flexibility index (Phi) is 5.29. The van der Waals surface area contributed by atoms with Gasteiger partial charge in [0.15, 0.2) is 5.16 Å². The van der Waals surface area contributed by atoms with E-state index in [0.717, 1.165) is 12.1 Å². The predicted molar refractivity (Wildman–Crippen MR) is 109 cm³/mol. The molecule has 27 heavy (non-hydrogen) atoms. The number of aromatic nitrogens is 2. The van der Waals surface area contributed by atoms with Crippen molar-refractivity contribution in [3.8, 4) is 0 Å². The monoisotopic (exact) mass is 401 g/mol. The van der Waals surface area contributed by atoms with Crippen molar-refractivity contribution in [3.63, 3.8) is 0 Å². The molecule has 140 valence electrons.